The van der Waals surface area contributed by atoms with Gasteiger partial charge in [0.25, 0.3) is 0 Å². The van der Waals surface area contributed by atoms with Crippen molar-refractivity contribution in [2.75, 3.05) is 5.32 Å². The number of rotatable bonds is 1. The van der Waals surface area contributed by atoms with Crippen LogP contribution in [-0.4, -0.2) is 4.98 Å². The summed E-state index contributed by atoms with van der Waals surface area (Å²) in [6.45, 7) is 6.26. The van der Waals surface area contributed by atoms with Gasteiger partial charge in [0, 0.05) is 11.3 Å². The van der Waals surface area contributed by atoms with Crippen molar-refractivity contribution < 1.29 is 8.78 Å². The summed E-state index contributed by atoms with van der Waals surface area (Å²) in [5.41, 5.74) is 2.37. The van der Waals surface area contributed by atoms with Gasteiger partial charge in [-0.3, -0.25) is 0 Å². The minimum atomic E-state index is -0.924. The maximum Gasteiger partial charge on any atom is 0.177 e. The molecule has 1 aliphatic carbocycles. The number of pyridine rings is 1. The molecule has 0 saturated carbocycles. The van der Waals surface area contributed by atoms with Crippen LogP contribution >= 0.6 is 0 Å². The molecule has 0 fully saturated rings. The molecule has 0 amide bonds. The maximum atomic E-state index is 14.9. The first-order valence-corrected chi connectivity index (χ1v) is 8.43. The maximum absolute atomic E-state index is 14.9. The fraction of sp³-hybridized carbons (Fsp3) is 0.286. The second-order valence-electron chi connectivity index (χ2n) is 7.65. The van der Waals surface area contributed by atoms with Gasteiger partial charge >= 0.3 is 0 Å². The Morgan fingerprint density at radius 1 is 1.08 bits per heavy atom. The zero-order chi connectivity index (χ0) is 17.8. The second kappa shape index (κ2) is 5.25. The highest BCUT2D eigenvalue weighted by Gasteiger charge is 2.44. The molecule has 0 bridgehead atoms. The molecule has 2 nitrogen and oxygen atoms in total. The second-order valence-corrected chi connectivity index (χ2v) is 7.65. The van der Waals surface area contributed by atoms with E-state index in [0.29, 0.717) is 5.82 Å². The molecule has 2 aromatic rings. The van der Waals surface area contributed by atoms with Crippen LogP contribution in [0.2, 0.25) is 0 Å². The van der Waals surface area contributed by atoms with E-state index in [9.17, 15) is 8.78 Å². The molecule has 2 heterocycles. The summed E-state index contributed by atoms with van der Waals surface area (Å²) in [6.07, 6.45) is 5.93. The number of benzene rings is 1. The Morgan fingerprint density at radius 2 is 1.80 bits per heavy atom. The first-order chi connectivity index (χ1) is 11.8. The number of hydrogen-bond donors (Lipinski definition) is 1. The van der Waals surface area contributed by atoms with Gasteiger partial charge in [-0.25, -0.2) is 13.8 Å². The minimum absolute atomic E-state index is 0.000487. The SMILES string of the molecule is CC1(C)C=CC2=C(C1)Nc1ncc(F)c(F)c1[C@]2(C)c1ccccc1. The van der Waals surface area contributed by atoms with Crippen molar-refractivity contribution in [3.8, 4) is 0 Å². The summed E-state index contributed by atoms with van der Waals surface area (Å²) in [5, 5.41) is 3.26. The van der Waals surface area contributed by atoms with Crippen molar-refractivity contribution in [1.29, 1.82) is 0 Å². The third-order valence-corrected chi connectivity index (χ3v) is 5.29. The average Bonchev–Trinajstić information content (AvgIpc) is 2.58. The molecule has 1 aromatic carbocycles. The molecule has 2 aliphatic rings. The Morgan fingerprint density at radius 3 is 2.52 bits per heavy atom. The lowest BCUT2D eigenvalue weighted by Crippen LogP contribution is -2.37. The van der Waals surface area contributed by atoms with Crippen LogP contribution in [0.1, 0.15) is 38.3 Å². The first-order valence-electron chi connectivity index (χ1n) is 8.43. The van der Waals surface area contributed by atoms with Crippen LogP contribution in [0, 0.1) is 17.0 Å². The third kappa shape index (κ3) is 2.31. The number of anilines is 1. The zero-order valence-electron chi connectivity index (χ0n) is 14.5. The van der Waals surface area contributed by atoms with Crippen LogP contribution in [0.15, 0.2) is 60.0 Å². The largest absolute Gasteiger partial charge is 0.343 e. The number of nitrogens with one attached hydrogen (secondary N) is 1. The van der Waals surface area contributed by atoms with Crippen molar-refractivity contribution in [3.63, 3.8) is 0 Å². The fourth-order valence-electron chi connectivity index (χ4n) is 3.97. The van der Waals surface area contributed by atoms with Gasteiger partial charge in [0.2, 0.25) is 0 Å². The number of halogens is 2. The third-order valence-electron chi connectivity index (χ3n) is 5.29. The Bertz CT molecular complexity index is 913. The van der Waals surface area contributed by atoms with E-state index >= 15 is 0 Å². The molecule has 0 unspecified atom stereocenters. The van der Waals surface area contributed by atoms with Gasteiger partial charge in [0.1, 0.15) is 5.82 Å². The lowest BCUT2D eigenvalue weighted by atomic mass is 9.65. The summed E-state index contributed by atoms with van der Waals surface area (Å²) < 4.78 is 28.9. The Hall–Kier alpha value is -2.49. The van der Waals surface area contributed by atoms with Crippen molar-refractivity contribution in [2.45, 2.75) is 32.6 Å². The molecule has 4 rings (SSSR count). The van der Waals surface area contributed by atoms with Gasteiger partial charge in [-0.1, -0.05) is 56.3 Å². The van der Waals surface area contributed by atoms with Crippen LogP contribution < -0.4 is 5.32 Å². The van der Waals surface area contributed by atoms with Crippen molar-refractivity contribution >= 4 is 5.82 Å². The van der Waals surface area contributed by atoms with Gasteiger partial charge in [0.05, 0.1) is 11.6 Å². The van der Waals surface area contributed by atoms with E-state index in [1.807, 2.05) is 43.3 Å². The standard InChI is InChI=1S/C21H20F2N2/c1-20(2)10-9-14-16(11-20)25-19-17(18(23)15(22)12-24-19)21(14,3)13-7-5-4-6-8-13/h4-10,12H,11H2,1-3H3,(H,24,25)/t21-/m1/s1. The number of nitrogens with zero attached hydrogens (tertiary/aromatic N) is 1. The van der Waals surface area contributed by atoms with E-state index in [0.717, 1.165) is 29.5 Å². The van der Waals surface area contributed by atoms with E-state index in [1.54, 1.807) is 0 Å². The van der Waals surface area contributed by atoms with Crippen LogP contribution in [0.5, 0.6) is 0 Å². The summed E-state index contributed by atoms with van der Waals surface area (Å²) in [4.78, 5) is 4.16. The highest BCUT2D eigenvalue weighted by Crippen LogP contribution is 2.51. The molecule has 0 spiro atoms. The lowest BCUT2D eigenvalue weighted by Gasteiger charge is -2.43. The van der Waals surface area contributed by atoms with Gasteiger partial charge in [-0.15, -0.1) is 0 Å². The molecule has 1 atom stereocenters. The van der Waals surface area contributed by atoms with Crippen molar-refractivity contribution in [2.24, 2.45) is 5.41 Å². The summed E-state index contributed by atoms with van der Waals surface area (Å²) >= 11 is 0. The van der Waals surface area contributed by atoms with E-state index in [-0.39, 0.29) is 11.0 Å². The summed E-state index contributed by atoms with van der Waals surface area (Å²) in [7, 11) is 0. The first kappa shape index (κ1) is 16.0. The molecule has 0 saturated heterocycles. The van der Waals surface area contributed by atoms with Crippen molar-refractivity contribution in [1.82, 2.24) is 4.98 Å². The van der Waals surface area contributed by atoms with Crippen LogP contribution in [0.4, 0.5) is 14.6 Å². The molecule has 1 aliphatic heterocycles. The molecular formula is C21H20F2N2. The molecule has 1 N–H and O–H groups in total. The van der Waals surface area contributed by atoms with Gasteiger partial charge in [-0.2, -0.15) is 0 Å². The fourth-order valence-corrected chi connectivity index (χ4v) is 3.97. The predicted molar refractivity (Wildman–Crippen MR) is 95.2 cm³/mol. The Balaban J connectivity index is 2.04. The molecular weight excluding hydrogens is 318 g/mol. The highest BCUT2D eigenvalue weighted by molar-refractivity contribution is 5.69. The number of fused-ring (bicyclic) bond motifs is 1. The zero-order valence-corrected chi connectivity index (χ0v) is 14.5. The van der Waals surface area contributed by atoms with E-state index in [2.05, 4.69) is 30.2 Å². The molecule has 4 heteroatoms. The van der Waals surface area contributed by atoms with Crippen LogP contribution in [0.25, 0.3) is 0 Å². The molecule has 128 valence electrons. The number of allylic oxidation sites excluding steroid dienone is 4. The van der Waals surface area contributed by atoms with Crippen LogP contribution in [-0.2, 0) is 5.41 Å². The Labute approximate surface area is 146 Å². The lowest BCUT2D eigenvalue weighted by molar-refractivity contribution is 0.446. The monoisotopic (exact) mass is 338 g/mol. The summed E-state index contributed by atoms with van der Waals surface area (Å²) in [5.74, 6) is -1.37. The molecule has 0 radical (unpaired) electrons. The normalized spacial score (nSPS) is 23.7. The van der Waals surface area contributed by atoms with Gasteiger partial charge < -0.3 is 5.32 Å². The smallest absolute Gasteiger partial charge is 0.177 e. The van der Waals surface area contributed by atoms with Gasteiger partial charge in [-0.05, 0) is 29.9 Å². The van der Waals surface area contributed by atoms with Crippen molar-refractivity contribution in [3.05, 3.63) is 82.7 Å². The molecule has 1 aromatic heterocycles. The molecule has 25 heavy (non-hydrogen) atoms. The number of hydrogen-bond acceptors (Lipinski definition) is 2. The predicted octanol–water partition coefficient (Wildman–Crippen LogP) is 5.33. The quantitative estimate of drug-likeness (QED) is 0.760. The topological polar surface area (TPSA) is 24.9 Å². The van der Waals surface area contributed by atoms with E-state index in [4.69, 9.17) is 0 Å². The minimum Gasteiger partial charge on any atom is -0.343 e. The highest BCUT2D eigenvalue weighted by atomic mass is 19.2. The summed E-state index contributed by atoms with van der Waals surface area (Å²) in [6, 6.07) is 9.67. The van der Waals surface area contributed by atoms with E-state index in [1.165, 1.54) is 0 Å². The average molecular weight is 338 g/mol. The van der Waals surface area contributed by atoms with E-state index < -0.39 is 17.0 Å². The van der Waals surface area contributed by atoms with Gasteiger partial charge in [0.15, 0.2) is 11.6 Å². The Kier molecular flexibility index (Phi) is 3.36. The number of aromatic nitrogens is 1. The van der Waals surface area contributed by atoms with Crippen LogP contribution in [0.3, 0.4) is 0 Å².